The van der Waals surface area contributed by atoms with E-state index in [9.17, 15) is 13.2 Å². The van der Waals surface area contributed by atoms with E-state index in [-0.39, 0.29) is 23.4 Å². The Labute approximate surface area is 209 Å². The van der Waals surface area contributed by atoms with Crippen LogP contribution in [0, 0.1) is 19.8 Å². The number of hydrogen-bond donors (Lipinski definition) is 1. The first-order valence-corrected chi connectivity index (χ1v) is 13.1. The van der Waals surface area contributed by atoms with Crippen molar-refractivity contribution in [3.05, 3.63) is 89.5 Å². The van der Waals surface area contributed by atoms with Gasteiger partial charge < -0.3 is 10.1 Å². The summed E-state index contributed by atoms with van der Waals surface area (Å²) in [5.41, 5.74) is 3.25. The number of rotatable bonds is 10. The van der Waals surface area contributed by atoms with E-state index in [0.717, 1.165) is 22.4 Å². The number of nitrogens with zero attached hydrogens (tertiary/aromatic N) is 1. The minimum atomic E-state index is -3.96. The van der Waals surface area contributed by atoms with Crippen LogP contribution in [0.25, 0.3) is 0 Å². The Morgan fingerprint density at radius 3 is 2.09 bits per heavy atom. The Morgan fingerprint density at radius 1 is 0.943 bits per heavy atom. The summed E-state index contributed by atoms with van der Waals surface area (Å²) in [5.74, 6) is 0.689. The van der Waals surface area contributed by atoms with E-state index in [4.69, 9.17) is 4.74 Å². The third-order valence-corrected chi connectivity index (χ3v) is 7.46. The topological polar surface area (TPSA) is 75.7 Å². The highest BCUT2D eigenvalue weighted by molar-refractivity contribution is 7.92. The highest BCUT2D eigenvalue weighted by Crippen LogP contribution is 2.27. The Hall–Kier alpha value is -3.32. The quantitative estimate of drug-likeness (QED) is 0.409. The molecule has 0 spiro atoms. The van der Waals surface area contributed by atoms with Gasteiger partial charge in [0, 0.05) is 0 Å². The number of carbonyl (C=O) groups excluding carboxylic acids is 1. The summed E-state index contributed by atoms with van der Waals surface area (Å²) in [4.78, 5) is 13.5. The van der Waals surface area contributed by atoms with Gasteiger partial charge in [-0.3, -0.25) is 9.10 Å². The first-order chi connectivity index (χ1) is 16.6. The summed E-state index contributed by atoms with van der Waals surface area (Å²) in [6.45, 7) is 7.66. The lowest BCUT2D eigenvalue weighted by atomic mass is 9.97. The highest BCUT2D eigenvalue weighted by Gasteiger charge is 2.28. The van der Waals surface area contributed by atoms with Crippen LogP contribution in [0.2, 0.25) is 0 Å². The molecule has 3 aromatic carbocycles. The van der Waals surface area contributed by atoms with Crippen molar-refractivity contribution in [2.24, 2.45) is 5.92 Å². The zero-order valence-electron chi connectivity index (χ0n) is 21.0. The predicted octanol–water partition coefficient (Wildman–Crippen LogP) is 5.41. The molecule has 0 saturated heterocycles. The molecule has 0 radical (unpaired) electrons. The summed E-state index contributed by atoms with van der Waals surface area (Å²) < 4.78 is 33.7. The van der Waals surface area contributed by atoms with E-state index in [1.165, 1.54) is 4.31 Å². The van der Waals surface area contributed by atoms with Crippen molar-refractivity contribution in [1.29, 1.82) is 0 Å². The SMILES string of the molecule is COc1ccc(C(CC(C)C)NC(=O)CN(c2cc(C)cc(C)c2)S(=O)(=O)c2ccccc2)cc1. The number of amides is 1. The van der Waals surface area contributed by atoms with E-state index in [1.807, 2.05) is 44.2 Å². The fraction of sp³-hybridized carbons (Fsp3) is 0.321. The van der Waals surface area contributed by atoms with Crippen LogP contribution < -0.4 is 14.4 Å². The molecule has 0 aliphatic rings. The first-order valence-electron chi connectivity index (χ1n) is 11.7. The van der Waals surface area contributed by atoms with Crippen LogP contribution in [0.15, 0.2) is 77.7 Å². The number of sulfonamides is 1. The second kappa shape index (κ2) is 11.4. The molecular weight excluding hydrogens is 460 g/mol. The number of carbonyl (C=O) groups is 1. The number of ether oxygens (including phenoxy) is 1. The van der Waals surface area contributed by atoms with Crippen LogP contribution in [0.3, 0.4) is 0 Å². The van der Waals surface area contributed by atoms with Crippen LogP contribution in [-0.2, 0) is 14.8 Å². The molecule has 1 atom stereocenters. The van der Waals surface area contributed by atoms with Crippen molar-refractivity contribution >= 4 is 21.6 Å². The second-order valence-electron chi connectivity index (χ2n) is 9.19. The molecular formula is C28H34N2O4S. The number of anilines is 1. The summed E-state index contributed by atoms with van der Waals surface area (Å²) in [7, 11) is -2.35. The predicted molar refractivity (Wildman–Crippen MR) is 140 cm³/mol. The van der Waals surface area contributed by atoms with Gasteiger partial charge in [-0.25, -0.2) is 8.42 Å². The van der Waals surface area contributed by atoms with Crippen molar-refractivity contribution in [2.45, 2.75) is 45.1 Å². The molecule has 0 fully saturated rings. The van der Waals surface area contributed by atoms with Crippen molar-refractivity contribution in [1.82, 2.24) is 5.32 Å². The lowest BCUT2D eigenvalue weighted by Crippen LogP contribution is -2.42. The maximum absolute atomic E-state index is 13.6. The zero-order valence-corrected chi connectivity index (χ0v) is 21.8. The van der Waals surface area contributed by atoms with Gasteiger partial charge >= 0.3 is 0 Å². The minimum Gasteiger partial charge on any atom is -0.497 e. The Balaban J connectivity index is 1.94. The standard InChI is InChI=1S/C28H34N2O4S/c1-20(2)15-27(23-11-13-25(34-5)14-12-23)29-28(31)19-30(24-17-21(3)16-22(4)18-24)35(32,33)26-9-7-6-8-10-26/h6-14,16-18,20,27H,15,19H2,1-5H3,(H,29,31). The lowest BCUT2D eigenvalue weighted by molar-refractivity contribution is -0.120. The van der Waals surface area contributed by atoms with Crippen molar-refractivity contribution in [3.8, 4) is 5.75 Å². The molecule has 0 bridgehead atoms. The molecule has 7 heteroatoms. The number of aryl methyl sites for hydroxylation is 2. The van der Waals surface area contributed by atoms with Crippen LogP contribution in [-0.4, -0.2) is 28.0 Å². The molecule has 186 valence electrons. The summed E-state index contributed by atoms with van der Waals surface area (Å²) in [5, 5.41) is 3.07. The van der Waals surface area contributed by atoms with E-state index >= 15 is 0 Å². The number of nitrogens with one attached hydrogen (secondary N) is 1. The zero-order chi connectivity index (χ0) is 25.6. The molecule has 3 aromatic rings. The molecule has 1 unspecified atom stereocenters. The van der Waals surface area contributed by atoms with Gasteiger partial charge in [-0.2, -0.15) is 0 Å². The molecule has 0 heterocycles. The maximum atomic E-state index is 13.6. The second-order valence-corrected chi connectivity index (χ2v) is 11.1. The summed E-state index contributed by atoms with van der Waals surface area (Å²) >= 11 is 0. The first kappa shape index (κ1) is 26.3. The van der Waals surface area contributed by atoms with E-state index in [1.54, 1.807) is 49.6 Å². The van der Waals surface area contributed by atoms with Crippen LogP contribution in [0.4, 0.5) is 5.69 Å². The van der Waals surface area contributed by atoms with Crippen molar-refractivity contribution < 1.29 is 17.9 Å². The lowest BCUT2D eigenvalue weighted by Gasteiger charge is -2.27. The molecule has 1 amide bonds. The van der Waals surface area contributed by atoms with Crippen LogP contribution in [0.1, 0.15) is 43.0 Å². The Kier molecular flexibility index (Phi) is 8.57. The number of benzene rings is 3. The monoisotopic (exact) mass is 494 g/mol. The van der Waals surface area contributed by atoms with Crippen molar-refractivity contribution in [2.75, 3.05) is 18.0 Å². The van der Waals surface area contributed by atoms with Gasteiger partial charge in [0.25, 0.3) is 10.0 Å². The largest absolute Gasteiger partial charge is 0.497 e. The van der Waals surface area contributed by atoms with E-state index < -0.39 is 10.0 Å². The summed E-state index contributed by atoms with van der Waals surface area (Å²) in [6, 6.07) is 21.1. The number of methoxy groups -OCH3 is 1. The highest BCUT2D eigenvalue weighted by atomic mass is 32.2. The third kappa shape index (κ3) is 6.85. The molecule has 35 heavy (non-hydrogen) atoms. The van der Waals surface area contributed by atoms with Gasteiger partial charge in [0.2, 0.25) is 5.91 Å². The molecule has 1 N–H and O–H groups in total. The van der Waals surface area contributed by atoms with Crippen molar-refractivity contribution in [3.63, 3.8) is 0 Å². The maximum Gasteiger partial charge on any atom is 0.264 e. The average Bonchev–Trinajstić information content (AvgIpc) is 2.81. The van der Waals surface area contributed by atoms with E-state index in [2.05, 4.69) is 19.2 Å². The van der Waals surface area contributed by atoms with Gasteiger partial charge in [0.05, 0.1) is 23.7 Å². The normalized spacial score (nSPS) is 12.3. The molecule has 3 rings (SSSR count). The molecule has 6 nitrogen and oxygen atoms in total. The average molecular weight is 495 g/mol. The van der Waals surface area contributed by atoms with Crippen LogP contribution in [0.5, 0.6) is 5.75 Å². The fourth-order valence-electron chi connectivity index (χ4n) is 4.09. The third-order valence-electron chi connectivity index (χ3n) is 5.67. The number of hydrogen-bond acceptors (Lipinski definition) is 4. The van der Waals surface area contributed by atoms with Gasteiger partial charge in [-0.1, -0.05) is 50.2 Å². The van der Waals surface area contributed by atoms with E-state index in [0.29, 0.717) is 18.0 Å². The Morgan fingerprint density at radius 2 is 1.54 bits per heavy atom. The van der Waals surface area contributed by atoms with Crippen LogP contribution >= 0.6 is 0 Å². The smallest absolute Gasteiger partial charge is 0.264 e. The molecule has 0 aliphatic heterocycles. The van der Waals surface area contributed by atoms with Gasteiger partial charge in [0.15, 0.2) is 0 Å². The van der Waals surface area contributed by atoms with Gasteiger partial charge in [-0.05, 0) is 79.3 Å². The molecule has 0 aromatic heterocycles. The Bertz CT molecular complexity index is 1220. The molecule has 0 aliphatic carbocycles. The van der Waals surface area contributed by atoms with Gasteiger partial charge in [0.1, 0.15) is 12.3 Å². The van der Waals surface area contributed by atoms with Gasteiger partial charge in [-0.15, -0.1) is 0 Å². The molecule has 0 saturated carbocycles. The fourth-order valence-corrected chi connectivity index (χ4v) is 5.51. The minimum absolute atomic E-state index is 0.140. The summed E-state index contributed by atoms with van der Waals surface area (Å²) in [6.07, 6.45) is 0.715.